The van der Waals surface area contributed by atoms with E-state index in [1.807, 2.05) is 0 Å². The summed E-state index contributed by atoms with van der Waals surface area (Å²) in [6, 6.07) is 5.35. The fraction of sp³-hybridized carbons (Fsp3) is 0.312. The zero-order valence-corrected chi connectivity index (χ0v) is 13.8. The van der Waals surface area contributed by atoms with Crippen LogP contribution in [0.5, 0.6) is 11.8 Å². The van der Waals surface area contributed by atoms with Crippen LogP contribution >= 0.6 is 0 Å². The Morgan fingerprint density at radius 1 is 1.44 bits per heavy atom. The zero-order valence-electron chi connectivity index (χ0n) is 13.8. The average Bonchev–Trinajstić information content (AvgIpc) is 3.02. The molecule has 11 heteroatoms. The third kappa shape index (κ3) is 4.56. The smallest absolute Gasteiger partial charge is 0.437 e. The molecule has 1 aromatic heterocycles. The van der Waals surface area contributed by atoms with Gasteiger partial charge in [0.25, 0.3) is 0 Å². The number of hydrogen-bond donors (Lipinski definition) is 1. The Morgan fingerprint density at radius 3 is 2.74 bits per heavy atom. The fourth-order valence-corrected chi connectivity index (χ4v) is 2.67. The van der Waals surface area contributed by atoms with Crippen LogP contribution in [0.15, 0.2) is 43.1 Å². The number of ether oxygens (including phenoxy) is 2. The molecule has 2 aromatic rings. The second kappa shape index (κ2) is 7.27. The van der Waals surface area contributed by atoms with Crippen LogP contribution in [-0.2, 0) is 13.1 Å². The number of rotatable bonds is 6. The van der Waals surface area contributed by atoms with E-state index in [1.165, 1.54) is 35.0 Å². The predicted molar refractivity (Wildman–Crippen MR) is 87.2 cm³/mol. The van der Waals surface area contributed by atoms with Crippen molar-refractivity contribution < 1.29 is 27.6 Å². The Hall–Kier alpha value is -3.08. The number of alkyl halides is 3. The largest absolute Gasteiger partial charge is 0.573 e. The first kappa shape index (κ1) is 18.7. The molecule has 2 heterocycles. The van der Waals surface area contributed by atoms with Crippen LogP contribution in [0, 0.1) is 10.1 Å². The summed E-state index contributed by atoms with van der Waals surface area (Å²) in [4.78, 5) is 14.0. The Balaban J connectivity index is 1.64. The van der Waals surface area contributed by atoms with Gasteiger partial charge in [0.2, 0.25) is 0 Å². The van der Waals surface area contributed by atoms with Crippen molar-refractivity contribution in [2.24, 2.45) is 0 Å². The molecule has 8 nitrogen and oxygen atoms in total. The van der Waals surface area contributed by atoms with Gasteiger partial charge in [0.15, 0.2) is 0 Å². The molecule has 0 spiro atoms. The molecule has 1 aliphatic rings. The van der Waals surface area contributed by atoms with Gasteiger partial charge >= 0.3 is 18.2 Å². The number of halogens is 3. The summed E-state index contributed by atoms with van der Waals surface area (Å²) >= 11 is 0. The van der Waals surface area contributed by atoms with E-state index in [0.717, 1.165) is 5.56 Å². The van der Waals surface area contributed by atoms with Crippen LogP contribution in [0.4, 0.5) is 19.0 Å². The minimum atomic E-state index is -4.73. The van der Waals surface area contributed by atoms with Gasteiger partial charge in [-0.1, -0.05) is 18.7 Å². The van der Waals surface area contributed by atoms with Gasteiger partial charge in [0, 0.05) is 18.1 Å². The van der Waals surface area contributed by atoms with E-state index in [1.54, 1.807) is 6.08 Å². The van der Waals surface area contributed by atoms with Gasteiger partial charge in [-0.05, 0) is 28.7 Å². The van der Waals surface area contributed by atoms with E-state index < -0.39 is 17.4 Å². The summed E-state index contributed by atoms with van der Waals surface area (Å²) < 4.78 is 47.5. The van der Waals surface area contributed by atoms with Crippen LogP contribution in [0.2, 0.25) is 0 Å². The molecule has 3 rings (SSSR count). The summed E-state index contributed by atoms with van der Waals surface area (Å²) in [6.45, 7) is 4.40. The maximum atomic E-state index is 12.2. The molecule has 144 valence electrons. The van der Waals surface area contributed by atoms with Gasteiger partial charge in [0.05, 0.1) is 6.04 Å². The van der Waals surface area contributed by atoms with Crippen LogP contribution in [0.3, 0.4) is 0 Å². The first-order valence-corrected chi connectivity index (χ1v) is 7.84. The van der Waals surface area contributed by atoms with E-state index in [4.69, 9.17) is 4.74 Å². The van der Waals surface area contributed by atoms with Crippen molar-refractivity contribution in [1.29, 1.82) is 0 Å². The highest BCUT2D eigenvalue weighted by Crippen LogP contribution is 2.26. The molecule has 0 aliphatic carbocycles. The number of nitro groups is 1. The van der Waals surface area contributed by atoms with E-state index in [9.17, 15) is 23.3 Å². The van der Waals surface area contributed by atoms with E-state index in [2.05, 4.69) is 21.6 Å². The van der Waals surface area contributed by atoms with Gasteiger partial charge in [-0.2, -0.15) is 0 Å². The van der Waals surface area contributed by atoms with E-state index >= 15 is 0 Å². The molecule has 2 atom stereocenters. The SMILES string of the molecule is C=C[C@@H]1Oc2nc([N+](=O)[O-])cn2C[C@@H]1NCc1ccc(OC(F)(F)F)cc1. The van der Waals surface area contributed by atoms with Crippen molar-refractivity contribution >= 4 is 5.82 Å². The monoisotopic (exact) mass is 384 g/mol. The van der Waals surface area contributed by atoms with Crippen molar-refractivity contribution in [3.8, 4) is 11.8 Å². The molecule has 0 amide bonds. The molecule has 0 bridgehead atoms. The molecular weight excluding hydrogens is 369 g/mol. The number of hydrogen-bond acceptors (Lipinski definition) is 6. The normalized spacial score (nSPS) is 19.1. The molecule has 1 aliphatic heterocycles. The highest BCUT2D eigenvalue weighted by Gasteiger charge is 2.33. The molecule has 0 saturated carbocycles. The molecule has 0 unspecified atom stereocenters. The minimum Gasteiger partial charge on any atom is -0.437 e. The van der Waals surface area contributed by atoms with Gasteiger partial charge in [-0.25, -0.2) is 0 Å². The van der Waals surface area contributed by atoms with Gasteiger partial charge in [0.1, 0.15) is 18.1 Å². The van der Waals surface area contributed by atoms with Crippen molar-refractivity contribution in [1.82, 2.24) is 14.9 Å². The van der Waals surface area contributed by atoms with Crippen LogP contribution in [0.1, 0.15) is 5.56 Å². The Bertz CT molecular complexity index is 835. The number of nitrogens with one attached hydrogen (secondary N) is 1. The Labute approximate surface area is 151 Å². The lowest BCUT2D eigenvalue weighted by atomic mass is 10.1. The van der Waals surface area contributed by atoms with Crippen LogP contribution in [0.25, 0.3) is 0 Å². The van der Waals surface area contributed by atoms with Crippen molar-refractivity contribution in [3.05, 3.63) is 58.8 Å². The Morgan fingerprint density at radius 2 is 2.15 bits per heavy atom. The van der Waals surface area contributed by atoms with Crippen molar-refractivity contribution in [2.75, 3.05) is 0 Å². The maximum absolute atomic E-state index is 12.2. The Kier molecular flexibility index (Phi) is 5.04. The quantitative estimate of drug-likeness (QED) is 0.468. The van der Waals surface area contributed by atoms with E-state index in [-0.39, 0.29) is 23.6 Å². The minimum absolute atomic E-state index is 0.137. The lowest BCUT2D eigenvalue weighted by Gasteiger charge is -2.29. The fourth-order valence-electron chi connectivity index (χ4n) is 2.67. The van der Waals surface area contributed by atoms with Crippen molar-refractivity contribution in [2.45, 2.75) is 31.6 Å². The van der Waals surface area contributed by atoms with Gasteiger partial charge in [-0.15, -0.1) is 13.2 Å². The molecule has 0 radical (unpaired) electrons. The molecule has 0 saturated heterocycles. The number of benzene rings is 1. The first-order valence-electron chi connectivity index (χ1n) is 7.84. The summed E-state index contributed by atoms with van der Waals surface area (Å²) in [5, 5.41) is 14.0. The second-order valence-electron chi connectivity index (χ2n) is 5.79. The summed E-state index contributed by atoms with van der Waals surface area (Å²) in [6.07, 6.45) is -2.36. The molecule has 1 aromatic carbocycles. The highest BCUT2D eigenvalue weighted by molar-refractivity contribution is 5.28. The molecule has 0 fully saturated rings. The average molecular weight is 384 g/mol. The summed E-state index contributed by atoms with van der Waals surface area (Å²) in [5.41, 5.74) is 0.731. The summed E-state index contributed by atoms with van der Waals surface area (Å²) in [5.74, 6) is -0.611. The van der Waals surface area contributed by atoms with Gasteiger partial charge in [-0.3, -0.25) is 4.57 Å². The number of nitrogens with zero attached hydrogens (tertiary/aromatic N) is 3. The van der Waals surface area contributed by atoms with Crippen LogP contribution in [-0.4, -0.2) is 33.0 Å². The summed E-state index contributed by atoms with van der Waals surface area (Å²) in [7, 11) is 0. The van der Waals surface area contributed by atoms with Crippen LogP contribution < -0.4 is 14.8 Å². The maximum Gasteiger partial charge on any atom is 0.573 e. The predicted octanol–water partition coefficient (Wildman–Crippen LogP) is 2.80. The number of imidazole rings is 1. The standard InChI is InChI=1S/C16H15F3N4O4/c1-2-13-12(8-22-9-14(23(24)25)21-15(22)26-13)20-7-10-3-5-11(6-4-10)27-16(17,18)19/h2-6,9,12-13,20H,1,7-8H2/t12-,13-/m0/s1. The zero-order chi connectivity index (χ0) is 19.6. The first-order chi connectivity index (χ1) is 12.7. The molecular formula is C16H15F3N4O4. The van der Waals surface area contributed by atoms with Gasteiger partial charge < -0.3 is 24.9 Å². The second-order valence-corrected chi connectivity index (χ2v) is 5.79. The lowest BCUT2D eigenvalue weighted by molar-refractivity contribution is -0.389. The molecule has 27 heavy (non-hydrogen) atoms. The topological polar surface area (TPSA) is 91.5 Å². The number of fused-ring (bicyclic) bond motifs is 1. The van der Waals surface area contributed by atoms with E-state index in [0.29, 0.717) is 13.1 Å². The molecule has 1 N–H and O–H groups in total. The van der Waals surface area contributed by atoms with Crippen molar-refractivity contribution in [3.63, 3.8) is 0 Å². The number of aromatic nitrogens is 2. The third-order valence-corrected chi connectivity index (χ3v) is 3.90. The lowest BCUT2D eigenvalue weighted by Crippen LogP contribution is -2.47. The highest BCUT2D eigenvalue weighted by atomic mass is 19.4. The third-order valence-electron chi connectivity index (χ3n) is 3.90.